The number of hydrogen-bond donors (Lipinski definition) is 3. The van der Waals surface area contributed by atoms with Crippen LogP contribution < -0.4 is 5.32 Å². The van der Waals surface area contributed by atoms with Gasteiger partial charge in [-0.05, 0) is 57.8 Å². The van der Waals surface area contributed by atoms with Gasteiger partial charge in [-0.15, -0.1) is 0 Å². The molecule has 0 heterocycles. The molecule has 0 bridgehead atoms. The van der Waals surface area contributed by atoms with E-state index in [1.165, 1.54) is 122 Å². The molecule has 0 aromatic rings. The fourth-order valence-electron chi connectivity index (χ4n) is 7.43. The van der Waals surface area contributed by atoms with Gasteiger partial charge in [-0.2, -0.15) is 0 Å². The number of carbonyl (C=O) groups excluding carboxylic acids is 1. The third kappa shape index (κ3) is 48.0. The first-order chi connectivity index (χ1) is 30.5. The van der Waals surface area contributed by atoms with Crippen LogP contribution in [-0.2, 0) is 18.4 Å². The zero-order chi connectivity index (χ0) is 46.4. The molecule has 0 saturated carbocycles. The van der Waals surface area contributed by atoms with E-state index in [-0.39, 0.29) is 19.1 Å². The molecular weight excluding hydrogens is 804 g/mol. The van der Waals surface area contributed by atoms with Gasteiger partial charge in [0, 0.05) is 6.42 Å². The van der Waals surface area contributed by atoms with Crippen molar-refractivity contribution in [3.63, 3.8) is 0 Å². The first kappa shape index (κ1) is 61.2. The van der Waals surface area contributed by atoms with Gasteiger partial charge in [0.25, 0.3) is 0 Å². The van der Waals surface area contributed by atoms with Crippen molar-refractivity contribution in [2.75, 3.05) is 40.9 Å². The summed E-state index contributed by atoms with van der Waals surface area (Å²) in [5, 5.41) is 13.7. The molecule has 0 aromatic heterocycles. The van der Waals surface area contributed by atoms with Gasteiger partial charge in [0.05, 0.1) is 39.9 Å². The molecular formula is C54H102N2O6P+. The fraction of sp³-hybridized carbons (Fsp3) is 0.796. The van der Waals surface area contributed by atoms with Crippen molar-refractivity contribution in [1.82, 2.24) is 5.32 Å². The number of nitrogens with one attached hydrogen (secondary N) is 1. The molecule has 0 saturated heterocycles. The molecule has 0 aromatic carbocycles. The number of aliphatic hydroxyl groups excluding tert-OH is 1. The summed E-state index contributed by atoms with van der Waals surface area (Å²) in [5.74, 6) is -0.152. The molecule has 9 heteroatoms. The van der Waals surface area contributed by atoms with E-state index in [4.69, 9.17) is 9.05 Å². The molecule has 0 radical (unpaired) electrons. The van der Waals surface area contributed by atoms with E-state index < -0.39 is 20.0 Å². The number of unbranched alkanes of at least 4 members (excludes halogenated alkanes) is 24. The summed E-state index contributed by atoms with van der Waals surface area (Å²) in [6, 6.07) is -0.755. The summed E-state index contributed by atoms with van der Waals surface area (Å²) in [7, 11) is 1.61. The van der Waals surface area contributed by atoms with Gasteiger partial charge in [-0.3, -0.25) is 13.8 Å². The smallest absolute Gasteiger partial charge is 0.391 e. The van der Waals surface area contributed by atoms with Crippen LogP contribution in [0.4, 0.5) is 0 Å². The van der Waals surface area contributed by atoms with Gasteiger partial charge in [-0.25, -0.2) is 4.57 Å². The molecule has 0 aliphatic carbocycles. The van der Waals surface area contributed by atoms with Crippen LogP contribution in [0.2, 0.25) is 0 Å². The lowest BCUT2D eigenvalue weighted by atomic mass is 10.0. The molecule has 1 amide bonds. The van der Waals surface area contributed by atoms with Crippen molar-refractivity contribution in [2.45, 2.75) is 238 Å². The van der Waals surface area contributed by atoms with E-state index in [1.54, 1.807) is 0 Å². The van der Waals surface area contributed by atoms with Crippen LogP contribution in [0.1, 0.15) is 226 Å². The van der Waals surface area contributed by atoms with Crippen molar-refractivity contribution >= 4 is 13.7 Å². The molecule has 63 heavy (non-hydrogen) atoms. The first-order valence-corrected chi connectivity index (χ1v) is 27.6. The zero-order valence-corrected chi connectivity index (χ0v) is 42.7. The Balaban J connectivity index is 3.71. The summed E-state index contributed by atoms with van der Waals surface area (Å²) in [6.07, 6.45) is 60.7. The Morgan fingerprint density at radius 3 is 1.38 bits per heavy atom. The first-order valence-electron chi connectivity index (χ1n) is 26.2. The minimum atomic E-state index is -4.30. The van der Waals surface area contributed by atoms with E-state index in [2.05, 4.69) is 79.9 Å². The summed E-state index contributed by atoms with van der Waals surface area (Å²) in [6.45, 7) is 4.65. The minimum Gasteiger partial charge on any atom is -0.391 e. The Morgan fingerprint density at radius 2 is 0.952 bits per heavy atom. The number of nitrogens with zero attached hydrogens (tertiary/aromatic N) is 1. The van der Waals surface area contributed by atoms with Crippen LogP contribution in [0.5, 0.6) is 0 Å². The number of phosphoric acid groups is 1. The molecule has 8 nitrogen and oxygen atoms in total. The molecule has 3 atom stereocenters. The van der Waals surface area contributed by atoms with E-state index in [9.17, 15) is 19.4 Å². The Hall–Kier alpha value is -1.80. The van der Waals surface area contributed by atoms with Crippen LogP contribution in [0, 0.1) is 0 Å². The van der Waals surface area contributed by atoms with Crippen LogP contribution in [-0.4, -0.2) is 73.4 Å². The molecule has 0 aliphatic heterocycles. The predicted molar refractivity (Wildman–Crippen MR) is 272 cm³/mol. The minimum absolute atomic E-state index is 0.0735. The summed E-state index contributed by atoms with van der Waals surface area (Å²) in [4.78, 5) is 22.9. The lowest BCUT2D eigenvalue weighted by Crippen LogP contribution is -2.46. The highest BCUT2D eigenvalue weighted by atomic mass is 31.2. The quantitative estimate of drug-likeness (QED) is 0.0243. The van der Waals surface area contributed by atoms with Crippen LogP contribution in [0.25, 0.3) is 0 Å². The maximum Gasteiger partial charge on any atom is 0.472 e. The lowest BCUT2D eigenvalue weighted by Gasteiger charge is -2.26. The van der Waals surface area contributed by atoms with Gasteiger partial charge >= 0.3 is 7.82 Å². The number of quaternary nitrogens is 1. The number of aliphatic hydroxyl groups is 1. The molecule has 368 valence electrons. The number of likely N-dealkylation sites (N-methyl/N-ethyl adjacent to an activating group) is 1. The Labute approximate surface area is 390 Å². The average Bonchev–Trinajstić information content (AvgIpc) is 3.24. The van der Waals surface area contributed by atoms with Crippen molar-refractivity contribution < 1.29 is 32.9 Å². The maximum absolute atomic E-state index is 12.8. The number of hydrogen-bond acceptors (Lipinski definition) is 5. The molecule has 0 rings (SSSR count). The second-order valence-electron chi connectivity index (χ2n) is 18.9. The van der Waals surface area contributed by atoms with Gasteiger partial charge in [0.2, 0.25) is 5.91 Å². The second-order valence-corrected chi connectivity index (χ2v) is 20.3. The molecule has 0 spiro atoms. The highest BCUT2D eigenvalue weighted by Crippen LogP contribution is 2.43. The van der Waals surface area contributed by atoms with E-state index >= 15 is 0 Å². The maximum atomic E-state index is 12.8. The number of rotatable bonds is 47. The topological polar surface area (TPSA) is 105 Å². The van der Waals surface area contributed by atoms with Gasteiger partial charge in [-0.1, -0.05) is 222 Å². The SMILES string of the molecule is CC/C=C\C/C=C\C/C=C\C/C=C\C/C=C\CCCCCCCCCCCCCCCCCCCCCCCC(=O)NC(COP(=O)(O)OCC[N+](C)(C)C)C(O)CCCCCC. The molecule has 3 N–H and O–H groups in total. The summed E-state index contributed by atoms with van der Waals surface area (Å²) in [5.41, 5.74) is 0. The third-order valence-electron chi connectivity index (χ3n) is 11.5. The van der Waals surface area contributed by atoms with Crippen molar-refractivity contribution in [1.29, 1.82) is 0 Å². The Kier molecular flexibility index (Phi) is 44.1. The van der Waals surface area contributed by atoms with E-state index in [1.807, 2.05) is 21.1 Å². The third-order valence-corrected chi connectivity index (χ3v) is 12.5. The molecule has 3 unspecified atom stereocenters. The molecule has 0 fully saturated rings. The fourth-order valence-corrected chi connectivity index (χ4v) is 8.16. The van der Waals surface area contributed by atoms with Gasteiger partial charge < -0.3 is 19.8 Å². The Morgan fingerprint density at radius 1 is 0.556 bits per heavy atom. The van der Waals surface area contributed by atoms with Gasteiger partial charge in [0.1, 0.15) is 13.2 Å². The molecule has 0 aliphatic rings. The normalized spacial score (nSPS) is 14.6. The van der Waals surface area contributed by atoms with E-state index in [0.717, 1.165) is 77.0 Å². The Bertz CT molecular complexity index is 1210. The number of carbonyl (C=O) groups is 1. The predicted octanol–water partition coefficient (Wildman–Crippen LogP) is 15.4. The monoisotopic (exact) mass is 906 g/mol. The largest absolute Gasteiger partial charge is 0.472 e. The lowest BCUT2D eigenvalue weighted by molar-refractivity contribution is -0.870. The van der Waals surface area contributed by atoms with Crippen LogP contribution in [0.15, 0.2) is 60.8 Å². The van der Waals surface area contributed by atoms with Gasteiger partial charge in [0.15, 0.2) is 0 Å². The van der Waals surface area contributed by atoms with E-state index in [0.29, 0.717) is 23.9 Å². The average molecular weight is 906 g/mol. The highest BCUT2D eigenvalue weighted by molar-refractivity contribution is 7.47. The number of allylic oxidation sites excluding steroid dienone is 10. The van der Waals surface area contributed by atoms with Crippen molar-refractivity contribution in [2.24, 2.45) is 0 Å². The van der Waals surface area contributed by atoms with Crippen molar-refractivity contribution in [3.8, 4) is 0 Å². The van der Waals surface area contributed by atoms with Crippen LogP contribution in [0.3, 0.4) is 0 Å². The van der Waals surface area contributed by atoms with Crippen molar-refractivity contribution in [3.05, 3.63) is 60.8 Å². The summed E-state index contributed by atoms with van der Waals surface area (Å²) >= 11 is 0. The number of amides is 1. The standard InChI is InChI=1S/C54H101N2O6P/c1-6-8-10-12-13-14-15-16-17-18-19-20-21-22-23-24-25-26-27-28-29-30-31-32-33-34-35-36-37-38-39-40-41-42-43-44-46-48-54(58)55-52(53(57)47-45-11-9-7-2)51-62-63(59,60)61-50-49-56(3,4)5/h8,10,13-14,16-17,19-20,22-23,52-53,57H,6-7,9,11-12,15,18,21,24-51H2,1-5H3,(H-,55,58,59,60)/p+1/b10-8-,14-13-,17-16-,20-19-,23-22-. The second kappa shape index (κ2) is 45.4. The zero-order valence-electron chi connectivity index (χ0n) is 41.8. The van der Waals surface area contributed by atoms with Crippen LogP contribution >= 0.6 is 7.82 Å². The number of phosphoric ester groups is 1. The highest BCUT2D eigenvalue weighted by Gasteiger charge is 2.28. The summed E-state index contributed by atoms with van der Waals surface area (Å²) < 4.78 is 23.4.